The van der Waals surface area contributed by atoms with Crippen LogP contribution in [0.4, 0.5) is 0 Å². The van der Waals surface area contributed by atoms with Gasteiger partial charge in [0.15, 0.2) is 0 Å². The monoisotopic (exact) mass is 321 g/mol. The third-order valence-corrected chi connectivity index (χ3v) is 3.67. The molecule has 0 saturated heterocycles. The number of hydrogen-bond acceptors (Lipinski definition) is 3. The van der Waals surface area contributed by atoms with Gasteiger partial charge in [-0.05, 0) is 38.1 Å². The second-order valence-corrected chi connectivity index (χ2v) is 5.26. The van der Waals surface area contributed by atoms with Gasteiger partial charge in [-0.1, -0.05) is 11.6 Å². The SMILES string of the molecule is CCOC(=O)c1cc(C)n(C)c1-c1cc(Cl)ccc1C(=O)O. The van der Waals surface area contributed by atoms with Crippen LogP contribution in [0.1, 0.15) is 33.3 Å². The molecule has 0 aliphatic heterocycles. The first kappa shape index (κ1) is 16.1. The maximum Gasteiger partial charge on any atom is 0.340 e. The Labute approximate surface area is 133 Å². The van der Waals surface area contributed by atoms with Crippen molar-refractivity contribution in [3.63, 3.8) is 0 Å². The van der Waals surface area contributed by atoms with Crippen molar-refractivity contribution in [1.82, 2.24) is 4.57 Å². The number of ether oxygens (including phenoxy) is 1. The molecule has 0 saturated carbocycles. The molecular formula is C16H16ClNO4. The number of nitrogens with zero attached hydrogens (tertiary/aromatic N) is 1. The fraction of sp³-hybridized carbons (Fsp3) is 0.250. The van der Waals surface area contributed by atoms with E-state index in [2.05, 4.69) is 0 Å². The summed E-state index contributed by atoms with van der Waals surface area (Å²) in [5.74, 6) is -1.57. The summed E-state index contributed by atoms with van der Waals surface area (Å²) in [6.45, 7) is 3.79. The van der Waals surface area contributed by atoms with E-state index in [0.717, 1.165) is 5.69 Å². The maximum absolute atomic E-state index is 12.2. The fourth-order valence-electron chi connectivity index (χ4n) is 2.32. The predicted octanol–water partition coefficient (Wildman–Crippen LogP) is 3.53. The normalized spacial score (nSPS) is 10.5. The van der Waals surface area contributed by atoms with E-state index in [1.54, 1.807) is 30.7 Å². The van der Waals surface area contributed by atoms with Crippen LogP contribution >= 0.6 is 11.6 Å². The zero-order valence-corrected chi connectivity index (χ0v) is 13.3. The van der Waals surface area contributed by atoms with Gasteiger partial charge in [-0.3, -0.25) is 0 Å². The number of aromatic nitrogens is 1. The Kier molecular flexibility index (Phi) is 4.56. The van der Waals surface area contributed by atoms with Crippen molar-refractivity contribution in [2.75, 3.05) is 6.61 Å². The summed E-state index contributed by atoms with van der Waals surface area (Å²) >= 11 is 6.01. The van der Waals surface area contributed by atoms with Gasteiger partial charge in [-0.15, -0.1) is 0 Å². The minimum absolute atomic E-state index is 0.0798. The van der Waals surface area contributed by atoms with Gasteiger partial charge in [0.1, 0.15) is 0 Å². The number of carboxylic acid groups (broad SMARTS) is 1. The standard InChI is InChI=1S/C16H16ClNO4/c1-4-22-16(21)13-7-9(2)18(3)14(13)12-8-10(17)5-6-11(12)15(19)20/h5-8H,4H2,1-3H3,(H,19,20). The molecule has 0 amide bonds. The molecule has 1 aromatic heterocycles. The molecule has 1 aromatic carbocycles. The highest BCUT2D eigenvalue weighted by molar-refractivity contribution is 6.31. The van der Waals surface area contributed by atoms with E-state index in [1.165, 1.54) is 12.1 Å². The number of carbonyl (C=O) groups is 2. The summed E-state index contributed by atoms with van der Waals surface area (Å²) in [5.41, 5.74) is 2.09. The Morgan fingerprint density at radius 2 is 1.95 bits per heavy atom. The second kappa shape index (κ2) is 6.23. The number of aromatic carboxylic acids is 1. The Morgan fingerprint density at radius 3 is 2.55 bits per heavy atom. The van der Waals surface area contributed by atoms with Gasteiger partial charge in [0.25, 0.3) is 0 Å². The molecule has 0 unspecified atom stereocenters. The summed E-state index contributed by atoms with van der Waals surface area (Å²) in [4.78, 5) is 23.6. The lowest BCUT2D eigenvalue weighted by Crippen LogP contribution is -2.08. The summed E-state index contributed by atoms with van der Waals surface area (Å²) in [6, 6.07) is 6.16. The maximum atomic E-state index is 12.2. The Balaban J connectivity index is 2.75. The minimum atomic E-state index is -1.08. The molecule has 0 bridgehead atoms. The van der Waals surface area contributed by atoms with Crippen LogP contribution in [0.2, 0.25) is 5.02 Å². The van der Waals surface area contributed by atoms with Crippen LogP contribution in [-0.4, -0.2) is 28.2 Å². The first-order valence-corrected chi connectivity index (χ1v) is 7.11. The topological polar surface area (TPSA) is 68.5 Å². The highest BCUT2D eigenvalue weighted by Gasteiger charge is 2.23. The summed E-state index contributed by atoms with van der Waals surface area (Å²) < 4.78 is 6.81. The van der Waals surface area contributed by atoms with Crippen LogP contribution in [0.3, 0.4) is 0 Å². The Bertz CT molecular complexity index is 749. The number of benzene rings is 1. The Morgan fingerprint density at radius 1 is 1.27 bits per heavy atom. The number of halogens is 1. The molecule has 2 rings (SSSR count). The van der Waals surface area contributed by atoms with Gasteiger partial charge in [0.2, 0.25) is 0 Å². The molecule has 116 valence electrons. The molecule has 0 aliphatic rings. The second-order valence-electron chi connectivity index (χ2n) is 4.82. The average Bonchev–Trinajstić information content (AvgIpc) is 2.75. The number of carboxylic acids is 1. The largest absolute Gasteiger partial charge is 0.478 e. The van der Waals surface area contributed by atoms with E-state index in [-0.39, 0.29) is 12.2 Å². The Hall–Kier alpha value is -2.27. The summed E-state index contributed by atoms with van der Waals surface area (Å²) in [5, 5.41) is 9.78. The lowest BCUT2D eigenvalue weighted by atomic mass is 10.0. The van der Waals surface area contributed by atoms with Gasteiger partial charge < -0.3 is 14.4 Å². The van der Waals surface area contributed by atoms with E-state index >= 15 is 0 Å². The number of rotatable bonds is 4. The van der Waals surface area contributed by atoms with Gasteiger partial charge in [0.05, 0.1) is 23.4 Å². The van der Waals surface area contributed by atoms with Crippen molar-refractivity contribution in [3.8, 4) is 11.3 Å². The predicted molar refractivity (Wildman–Crippen MR) is 83.5 cm³/mol. The van der Waals surface area contributed by atoms with Crippen LogP contribution in [0.25, 0.3) is 11.3 Å². The van der Waals surface area contributed by atoms with Crippen LogP contribution < -0.4 is 0 Å². The summed E-state index contributed by atoms with van der Waals surface area (Å²) in [7, 11) is 1.76. The van der Waals surface area contributed by atoms with Crippen LogP contribution in [0.15, 0.2) is 24.3 Å². The molecule has 0 radical (unpaired) electrons. The van der Waals surface area contributed by atoms with E-state index < -0.39 is 11.9 Å². The van der Waals surface area contributed by atoms with Gasteiger partial charge in [0, 0.05) is 23.3 Å². The third kappa shape index (κ3) is 2.85. The zero-order valence-electron chi connectivity index (χ0n) is 12.5. The molecule has 2 aromatic rings. The highest BCUT2D eigenvalue weighted by Crippen LogP contribution is 2.32. The van der Waals surface area contributed by atoms with Crippen molar-refractivity contribution in [1.29, 1.82) is 0 Å². The van der Waals surface area contributed by atoms with Crippen LogP contribution in [0, 0.1) is 6.92 Å². The number of aryl methyl sites for hydroxylation is 1. The molecule has 0 atom stereocenters. The zero-order chi connectivity index (χ0) is 16.4. The van der Waals surface area contributed by atoms with E-state index in [4.69, 9.17) is 16.3 Å². The molecule has 0 fully saturated rings. The molecule has 0 aliphatic carbocycles. The quantitative estimate of drug-likeness (QED) is 0.875. The van der Waals surface area contributed by atoms with Crippen molar-refractivity contribution in [2.24, 2.45) is 7.05 Å². The van der Waals surface area contributed by atoms with E-state index in [1.807, 2.05) is 6.92 Å². The van der Waals surface area contributed by atoms with Crippen LogP contribution in [-0.2, 0) is 11.8 Å². The van der Waals surface area contributed by atoms with Crippen LogP contribution in [0.5, 0.6) is 0 Å². The molecule has 1 N–H and O–H groups in total. The lowest BCUT2D eigenvalue weighted by Gasteiger charge is -2.12. The van der Waals surface area contributed by atoms with E-state index in [9.17, 15) is 14.7 Å². The fourth-order valence-corrected chi connectivity index (χ4v) is 2.49. The van der Waals surface area contributed by atoms with Crippen molar-refractivity contribution in [3.05, 3.63) is 46.1 Å². The highest BCUT2D eigenvalue weighted by atomic mass is 35.5. The van der Waals surface area contributed by atoms with Crippen molar-refractivity contribution < 1.29 is 19.4 Å². The van der Waals surface area contributed by atoms with Gasteiger partial charge in [-0.2, -0.15) is 0 Å². The molecular weight excluding hydrogens is 306 g/mol. The third-order valence-electron chi connectivity index (χ3n) is 3.44. The molecule has 6 heteroatoms. The first-order valence-electron chi connectivity index (χ1n) is 6.73. The number of carbonyl (C=O) groups excluding carboxylic acids is 1. The van der Waals surface area contributed by atoms with Crippen molar-refractivity contribution in [2.45, 2.75) is 13.8 Å². The number of esters is 1. The van der Waals surface area contributed by atoms with Gasteiger partial charge in [-0.25, -0.2) is 9.59 Å². The molecule has 22 heavy (non-hydrogen) atoms. The molecule has 0 spiro atoms. The lowest BCUT2D eigenvalue weighted by molar-refractivity contribution is 0.0526. The smallest absolute Gasteiger partial charge is 0.340 e. The van der Waals surface area contributed by atoms with Crippen molar-refractivity contribution >= 4 is 23.5 Å². The molecule has 1 heterocycles. The minimum Gasteiger partial charge on any atom is -0.478 e. The van der Waals surface area contributed by atoms with Gasteiger partial charge >= 0.3 is 11.9 Å². The first-order chi connectivity index (χ1) is 10.4. The summed E-state index contributed by atoms with van der Waals surface area (Å²) in [6.07, 6.45) is 0. The molecule has 5 nitrogen and oxygen atoms in total. The average molecular weight is 322 g/mol. The number of hydrogen-bond donors (Lipinski definition) is 1. The van der Waals surface area contributed by atoms with E-state index in [0.29, 0.717) is 21.8 Å².